The van der Waals surface area contributed by atoms with Gasteiger partial charge in [-0.05, 0) is 37.0 Å². The molecule has 0 amide bonds. The second kappa shape index (κ2) is 6.02. The summed E-state index contributed by atoms with van der Waals surface area (Å²) in [5.74, 6) is 0.609. The molecule has 0 radical (unpaired) electrons. The molecule has 96 valence electrons. The molecule has 16 heavy (non-hydrogen) atoms. The molecular formula is C14H29NO. The van der Waals surface area contributed by atoms with Gasteiger partial charge in [0, 0.05) is 18.7 Å². The Morgan fingerprint density at radius 1 is 1.38 bits per heavy atom. The van der Waals surface area contributed by atoms with E-state index in [9.17, 15) is 0 Å². The Kier molecular flexibility index (Phi) is 5.26. The molecule has 2 atom stereocenters. The molecular weight excluding hydrogens is 198 g/mol. The molecule has 1 aliphatic carbocycles. The summed E-state index contributed by atoms with van der Waals surface area (Å²) in [6.45, 7) is 9.52. The second-order valence-corrected chi connectivity index (χ2v) is 6.49. The average Bonchev–Trinajstić information content (AvgIpc) is 2.15. The van der Waals surface area contributed by atoms with Gasteiger partial charge < -0.3 is 10.4 Å². The standard InChI is InChI=1S/C14H29NO/c1-11(2)13(7-9-16)15-12-6-5-8-14(3,4)10-12/h11-13,15-16H,5-10H2,1-4H3. The van der Waals surface area contributed by atoms with E-state index in [0.717, 1.165) is 6.42 Å². The van der Waals surface area contributed by atoms with Gasteiger partial charge in [0.25, 0.3) is 0 Å². The van der Waals surface area contributed by atoms with Crippen LogP contribution in [0.1, 0.15) is 59.8 Å². The van der Waals surface area contributed by atoms with Gasteiger partial charge in [0.05, 0.1) is 0 Å². The maximum absolute atomic E-state index is 9.08. The third-order valence-electron chi connectivity index (χ3n) is 3.90. The molecule has 1 rings (SSSR count). The number of aliphatic hydroxyl groups excluding tert-OH is 1. The van der Waals surface area contributed by atoms with Gasteiger partial charge in [0.2, 0.25) is 0 Å². The van der Waals surface area contributed by atoms with Gasteiger partial charge in [0.15, 0.2) is 0 Å². The van der Waals surface area contributed by atoms with Crippen LogP contribution in [0.2, 0.25) is 0 Å². The highest BCUT2D eigenvalue weighted by atomic mass is 16.3. The molecule has 2 nitrogen and oxygen atoms in total. The first-order valence-electron chi connectivity index (χ1n) is 6.81. The van der Waals surface area contributed by atoms with Crippen LogP contribution in [-0.4, -0.2) is 23.8 Å². The van der Waals surface area contributed by atoms with Crippen molar-refractivity contribution in [3.8, 4) is 0 Å². The lowest BCUT2D eigenvalue weighted by molar-refractivity contribution is 0.167. The molecule has 2 heteroatoms. The molecule has 2 unspecified atom stereocenters. The topological polar surface area (TPSA) is 32.3 Å². The molecule has 0 saturated heterocycles. The van der Waals surface area contributed by atoms with E-state index >= 15 is 0 Å². The van der Waals surface area contributed by atoms with Crippen LogP contribution in [0, 0.1) is 11.3 Å². The second-order valence-electron chi connectivity index (χ2n) is 6.49. The zero-order valence-electron chi connectivity index (χ0n) is 11.4. The average molecular weight is 227 g/mol. The largest absolute Gasteiger partial charge is 0.396 e. The zero-order chi connectivity index (χ0) is 12.2. The van der Waals surface area contributed by atoms with E-state index in [1.54, 1.807) is 0 Å². The van der Waals surface area contributed by atoms with Crippen LogP contribution in [0.5, 0.6) is 0 Å². The van der Waals surface area contributed by atoms with Gasteiger partial charge in [-0.15, -0.1) is 0 Å². The fourth-order valence-electron chi connectivity index (χ4n) is 2.89. The molecule has 1 aliphatic rings. The van der Waals surface area contributed by atoms with Crippen molar-refractivity contribution in [1.29, 1.82) is 0 Å². The van der Waals surface area contributed by atoms with Crippen LogP contribution in [0.3, 0.4) is 0 Å². The van der Waals surface area contributed by atoms with Crippen LogP contribution in [0.15, 0.2) is 0 Å². The maximum Gasteiger partial charge on any atom is 0.0445 e. The van der Waals surface area contributed by atoms with Gasteiger partial charge in [-0.2, -0.15) is 0 Å². The molecule has 0 aromatic carbocycles. The lowest BCUT2D eigenvalue weighted by atomic mass is 9.75. The van der Waals surface area contributed by atoms with E-state index in [0.29, 0.717) is 30.0 Å². The first-order valence-corrected chi connectivity index (χ1v) is 6.81. The van der Waals surface area contributed by atoms with Crippen molar-refractivity contribution >= 4 is 0 Å². The van der Waals surface area contributed by atoms with Crippen molar-refractivity contribution in [2.24, 2.45) is 11.3 Å². The van der Waals surface area contributed by atoms with Gasteiger partial charge in [-0.3, -0.25) is 0 Å². The molecule has 0 spiro atoms. The Bertz CT molecular complexity index is 201. The SMILES string of the molecule is CC(C)C(CCO)NC1CCCC(C)(C)C1. The lowest BCUT2D eigenvalue weighted by Gasteiger charge is -2.38. The zero-order valence-corrected chi connectivity index (χ0v) is 11.4. The van der Waals surface area contributed by atoms with E-state index in [2.05, 4.69) is 33.0 Å². The van der Waals surface area contributed by atoms with Gasteiger partial charge >= 0.3 is 0 Å². The van der Waals surface area contributed by atoms with E-state index in [4.69, 9.17) is 5.11 Å². The van der Waals surface area contributed by atoms with Crippen molar-refractivity contribution in [3.05, 3.63) is 0 Å². The molecule has 0 aromatic heterocycles. The Morgan fingerprint density at radius 3 is 2.56 bits per heavy atom. The number of hydrogen-bond donors (Lipinski definition) is 2. The smallest absolute Gasteiger partial charge is 0.0445 e. The van der Waals surface area contributed by atoms with Crippen LogP contribution in [0.25, 0.3) is 0 Å². The minimum absolute atomic E-state index is 0.298. The Hall–Kier alpha value is -0.0800. The van der Waals surface area contributed by atoms with E-state index in [-0.39, 0.29) is 0 Å². The highest BCUT2D eigenvalue weighted by Crippen LogP contribution is 2.35. The molecule has 0 aliphatic heterocycles. The van der Waals surface area contributed by atoms with Crippen LogP contribution >= 0.6 is 0 Å². The summed E-state index contributed by atoms with van der Waals surface area (Å²) >= 11 is 0. The van der Waals surface area contributed by atoms with Crippen LogP contribution in [0.4, 0.5) is 0 Å². The Labute approximate surface area is 101 Å². The number of aliphatic hydroxyl groups is 1. The monoisotopic (exact) mass is 227 g/mol. The maximum atomic E-state index is 9.08. The van der Waals surface area contributed by atoms with E-state index in [1.807, 2.05) is 0 Å². The third-order valence-corrected chi connectivity index (χ3v) is 3.90. The van der Waals surface area contributed by atoms with Gasteiger partial charge in [-0.1, -0.05) is 34.1 Å². The molecule has 1 fully saturated rings. The fraction of sp³-hybridized carbons (Fsp3) is 1.00. The lowest BCUT2D eigenvalue weighted by Crippen LogP contribution is -2.45. The van der Waals surface area contributed by atoms with Crippen molar-refractivity contribution in [1.82, 2.24) is 5.32 Å². The minimum atomic E-state index is 0.298. The minimum Gasteiger partial charge on any atom is -0.396 e. The van der Waals surface area contributed by atoms with Gasteiger partial charge in [0.1, 0.15) is 0 Å². The predicted molar refractivity (Wildman–Crippen MR) is 69.5 cm³/mol. The highest BCUT2D eigenvalue weighted by Gasteiger charge is 2.29. The normalized spacial score (nSPS) is 27.0. The third kappa shape index (κ3) is 4.42. The molecule has 2 N–H and O–H groups in total. The number of hydrogen-bond acceptors (Lipinski definition) is 2. The van der Waals surface area contributed by atoms with Gasteiger partial charge in [-0.25, -0.2) is 0 Å². The summed E-state index contributed by atoms with van der Waals surface area (Å²) in [6.07, 6.45) is 6.17. The summed E-state index contributed by atoms with van der Waals surface area (Å²) in [5.41, 5.74) is 0.497. The Balaban J connectivity index is 2.44. The van der Waals surface area contributed by atoms with Crippen LogP contribution in [-0.2, 0) is 0 Å². The summed E-state index contributed by atoms with van der Waals surface area (Å²) < 4.78 is 0. The van der Waals surface area contributed by atoms with E-state index < -0.39 is 0 Å². The van der Waals surface area contributed by atoms with E-state index in [1.165, 1.54) is 25.7 Å². The number of nitrogens with one attached hydrogen (secondary N) is 1. The highest BCUT2D eigenvalue weighted by molar-refractivity contribution is 4.86. The Morgan fingerprint density at radius 2 is 2.06 bits per heavy atom. The molecule has 0 aromatic rings. The predicted octanol–water partition coefficient (Wildman–Crippen LogP) is 2.95. The first kappa shape index (κ1) is 14.0. The summed E-state index contributed by atoms with van der Waals surface area (Å²) in [5, 5.41) is 12.8. The molecule has 0 heterocycles. The molecule has 0 bridgehead atoms. The number of rotatable bonds is 5. The van der Waals surface area contributed by atoms with Crippen molar-refractivity contribution in [2.75, 3.05) is 6.61 Å². The summed E-state index contributed by atoms with van der Waals surface area (Å²) in [6, 6.07) is 1.13. The summed E-state index contributed by atoms with van der Waals surface area (Å²) in [7, 11) is 0. The van der Waals surface area contributed by atoms with Crippen molar-refractivity contribution in [3.63, 3.8) is 0 Å². The van der Waals surface area contributed by atoms with Crippen LogP contribution < -0.4 is 5.32 Å². The van der Waals surface area contributed by atoms with Crippen molar-refractivity contribution < 1.29 is 5.11 Å². The van der Waals surface area contributed by atoms with Crippen molar-refractivity contribution in [2.45, 2.75) is 71.9 Å². The summed E-state index contributed by atoms with van der Waals surface area (Å²) in [4.78, 5) is 0. The molecule has 1 saturated carbocycles. The fourth-order valence-corrected chi connectivity index (χ4v) is 2.89. The quantitative estimate of drug-likeness (QED) is 0.757. The first-order chi connectivity index (χ1) is 7.44.